The van der Waals surface area contributed by atoms with Gasteiger partial charge in [0.1, 0.15) is 12.6 Å². The van der Waals surface area contributed by atoms with Gasteiger partial charge in [-0.2, -0.15) is 4.91 Å². The first-order chi connectivity index (χ1) is 6.53. The van der Waals surface area contributed by atoms with Gasteiger partial charge in [-0.3, -0.25) is 0 Å². The van der Waals surface area contributed by atoms with Gasteiger partial charge in [-0.1, -0.05) is 5.18 Å². The third-order valence-corrected chi connectivity index (χ3v) is 2.25. The van der Waals surface area contributed by atoms with Gasteiger partial charge in [0.05, 0.1) is 0 Å². The number of fused-ring (bicyclic) bond motifs is 1. The van der Waals surface area contributed by atoms with Crippen molar-refractivity contribution in [2.75, 3.05) is 6.54 Å². The van der Waals surface area contributed by atoms with E-state index in [0.717, 1.165) is 0 Å². The average molecular weight is 201 g/mol. The van der Waals surface area contributed by atoms with Gasteiger partial charge in [-0.05, 0) is 13.8 Å². The molecule has 6 nitrogen and oxygen atoms in total. The molecule has 0 amide bonds. The molecular weight excluding hydrogens is 190 g/mol. The Morgan fingerprint density at radius 1 is 1.43 bits per heavy atom. The van der Waals surface area contributed by atoms with E-state index in [1.54, 1.807) is 13.8 Å². The maximum atomic E-state index is 11.3. The fraction of sp³-hybridized carbons (Fsp3) is 0.875. The summed E-state index contributed by atoms with van der Waals surface area (Å²) in [5, 5.41) is 2.70. The maximum absolute atomic E-state index is 11.3. The highest BCUT2D eigenvalue weighted by molar-refractivity contribution is 5.78. The number of rotatable bonds is 2. The van der Waals surface area contributed by atoms with Crippen LogP contribution in [0.5, 0.6) is 0 Å². The highest BCUT2D eigenvalue weighted by Gasteiger charge is 2.55. The first-order valence-electron chi connectivity index (χ1n) is 4.39. The van der Waals surface area contributed by atoms with Crippen LogP contribution in [0.15, 0.2) is 5.18 Å². The van der Waals surface area contributed by atoms with Crippen molar-refractivity contribution in [3.8, 4) is 0 Å². The Bertz CT molecular complexity index is 277. The van der Waals surface area contributed by atoms with E-state index in [-0.39, 0.29) is 6.54 Å². The zero-order chi connectivity index (χ0) is 10.3. The molecule has 2 fully saturated rings. The molecule has 0 aromatic rings. The van der Waals surface area contributed by atoms with Crippen LogP contribution in [0.2, 0.25) is 0 Å². The van der Waals surface area contributed by atoms with Crippen molar-refractivity contribution in [1.82, 2.24) is 0 Å². The van der Waals surface area contributed by atoms with E-state index in [1.165, 1.54) is 0 Å². The van der Waals surface area contributed by atoms with Crippen molar-refractivity contribution >= 4 is 5.97 Å². The van der Waals surface area contributed by atoms with Gasteiger partial charge in [0.15, 0.2) is 18.0 Å². The highest BCUT2D eigenvalue weighted by Crippen LogP contribution is 2.35. The lowest BCUT2D eigenvalue weighted by atomic mass is 10.1. The van der Waals surface area contributed by atoms with Crippen molar-refractivity contribution < 1.29 is 19.0 Å². The number of nitrogens with zero attached hydrogens (tertiary/aromatic N) is 1. The van der Waals surface area contributed by atoms with Crippen LogP contribution < -0.4 is 0 Å². The molecule has 0 aliphatic carbocycles. The number of nitroso groups, excluding NO2 is 1. The van der Waals surface area contributed by atoms with E-state index in [9.17, 15) is 9.70 Å². The first-order valence-corrected chi connectivity index (χ1v) is 4.39. The molecule has 14 heavy (non-hydrogen) atoms. The Morgan fingerprint density at radius 3 is 2.79 bits per heavy atom. The summed E-state index contributed by atoms with van der Waals surface area (Å²) in [6, 6.07) is 0. The molecule has 2 aliphatic heterocycles. The Labute approximate surface area is 80.5 Å². The van der Waals surface area contributed by atoms with Gasteiger partial charge >= 0.3 is 5.97 Å². The summed E-state index contributed by atoms with van der Waals surface area (Å²) in [5.41, 5.74) is 0. The molecule has 0 N–H and O–H groups in total. The van der Waals surface area contributed by atoms with Gasteiger partial charge in [0.25, 0.3) is 0 Å². The highest BCUT2D eigenvalue weighted by atomic mass is 16.8. The summed E-state index contributed by atoms with van der Waals surface area (Å²) in [7, 11) is 0. The summed E-state index contributed by atoms with van der Waals surface area (Å²) in [6.45, 7) is 3.33. The van der Waals surface area contributed by atoms with Crippen LogP contribution in [0.25, 0.3) is 0 Å². The van der Waals surface area contributed by atoms with Gasteiger partial charge < -0.3 is 14.2 Å². The average Bonchev–Trinajstić information content (AvgIpc) is 2.51. The van der Waals surface area contributed by atoms with Crippen LogP contribution >= 0.6 is 0 Å². The molecule has 2 rings (SSSR count). The Morgan fingerprint density at radius 2 is 2.14 bits per heavy atom. The molecule has 3 atom stereocenters. The Kier molecular flexibility index (Phi) is 2.04. The molecule has 0 radical (unpaired) electrons. The fourth-order valence-electron chi connectivity index (χ4n) is 1.74. The predicted molar refractivity (Wildman–Crippen MR) is 44.4 cm³/mol. The van der Waals surface area contributed by atoms with Crippen LogP contribution in [-0.2, 0) is 19.0 Å². The smallest absolute Gasteiger partial charge is 0.338 e. The minimum absolute atomic E-state index is 0.0909. The molecule has 0 aromatic carbocycles. The van der Waals surface area contributed by atoms with E-state index in [4.69, 9.17) is 14.2 Å². The summed E-state index contributed by atoms with van der Waals surface area (Å²) in [6.07, 6.45) is -1.82. The molecule has 0 saturated carbocycles. The van der Waals surface area contributed by atoms with Crippen LogP contribution in [0, 0.1) is 4.91 Å². The minimum Gasteiger partial charge on any atom is -0.455 e. The predicted octanol–water partition coefficient (Wildman–Crippen LogP) is 0.198. The molecule has 0 aromatic heterocycles. The summed E-state index contributed by atoms with van der Waals surface area (Å²) in [5.74, 6) is -1.27. The molecule has 78 valence electrons. The lowest BCUT2D eigenvalue weighted by molar-refractivity contribution is -0.185. The van der Waals surface area contributed by atoms with Crippen LogP contribution in [0.3, 0.4) is 0 Å². The molecule has 2 saturated heterocycles. The fourth-order valence-corrected chi connectivity index (χ4v) is 1.74. The van der Waals surface area contributed by atoms with Crippen molar-refractivity contribution in [2.45, 2.75) is 37.9 Å². The summed E-state index contributed by atoms with van der Waals surface area (Å²) in [4.78, 5) is 21.3. The van der Waals surface area contributed by atoms with Gasteiger partial charge in [-0.15, -0.1) is 0 Å². The van der Waals surface area contributed by atoms with Crippen LogP contribution in [0.4, 0.5) is 0 Å². The molecular formula is C8H11NO5. The second kappa shape index (κ2) is 2.99. The molecule has 6 heteroatoms. The lowest BCUT2D eigenvalue weighted by Gasteiger charge is -2.20. The lowest BCUT2D eigenvalue weighted by Crippen LogP contribution is -2.31. The van der Waals surface area contributed by atoms with Crippen molar-refractivity contribution in [3.05, 3.63) is 4.91 Å². The number of esters is 1. The number of carbonyl (C=O) groups is 1. The largest absolute Gasteiger partial charge is 0.455 e. The van der Waals surface area contributed by atoms with Crippen LogP contribution in [-0.4, -0.2) is 36.6 Å². The van der Waals surface area contributed by atoms with E-state index in [1.807, 2.05) is 0 Å². The van der Waals surface area contributed by atoms with Gasteiger partial charge in [0.2, 0.25) is 0 Å². The number of hydrogen-bond acceptors (Lipinski definition) is 6. The van der Waals surface area contributed by atoms with E-state index >= 15 is 0 Å². The summed E-state index contributed by atoms with van der Waals surface area (Å²) < 4.78 is 15.6. The standard InChI is InChI=1S/C8H11NO5/c1-8(2)13-5-4(3-9-11)12-7(10)6(5)14-8/h4-6H,3H2,1-2H3/t4-,5-,6-/m1/s1. The molecule has 2 aliphatic rings. The molecule has 0 spiro atoms. The maximum Gasteiger partial charge on any atom is 0.338 e. The molecule has 0 bridgehead atoms. The van der Waals surface area contributed by atoms with Gasteiger partial charge in [-0.25, -0.2) is 4.79 Å². The third-order valence-electron chi connectivity index (χ3n) is 2.25. The Balaban J connectivity index is 2.14. The second-order valence-corrected chi connectivity index (χ2v) is 3.81. The monoisotopic (exact) mass is 201 g/mol. The number of hydrogen-bond donors (Lipinski definition) is 0. The number of carbonyl (C=O) groups excluding carboxylic acids is 1. The van der Waals surface area contributed by atoms with E-state index in [2.05, 4.69) is 5.18 Å². The SMILES string of the molecule is CC1(C)O[C@@H]2[C@@H](CN=O)OC(=O)[C@@H]2O1. The van der Waals surface area contributed by atoms with E-state index in [0.29, 0.717) is 0 Å². The first kappa shape index (κ1) is 9.54. The van der Waals surface area contributed by atoms with Crippen molar-refractivity contribution in [2.24, 2.45) is 5.18 Å². The Hall–Kier alpha value is -1.01. The van der Waals surface area contributed by atoms with Crippen molar-refractivity contribution in [1.29, 1.82) is 0 Å². The number of ether oxygens (including phenoxy) is 3. The van der Waals surface area contributed by atoms with Crippen LogP contribution in [0.1, 0.15) is 13.8 Å². The van der Waals surface area contributed by atoms with E-state index < -0.39 is 30.1 Å². The zero-order valence-electron chi connectivity index (χ0n) is 7.93. The number of cyclic esters (lactones) is 1. The normalized spacial score (nSPS) is 39.3. The molecule has 0 unspecified atom stereocenters. The third kappa shape index (κ3) is 1.40. The summed E-state index contributed by atoms with van der Waals surface area (Å²) >= 11 is 0. The van der Waals surface area contributed by atoms with Crippen molar-refractivity contribution in [3.63, 3.8) is 0 Å². The zero-order valence-corrected chi connectivity index (χ0v) is 7.93. The molecule has 2 heterocycles. The van der Waals surface area contributed by atoms with Gasteiger partial charge in [0, 0.05) is 0 Å². The second-order valence-electron chi connectivity index (χ2n) is 3.81. The minimum atomic E-state index is -0.796. The quantitative estimate of drug-likeness (QED) is 0.471. The topological polar surface area (TPSA) is 74.2 Å².